The second-order valence-corrected chi connectivity index (χ2v) is 4.87. The van der Waals surface area contributed by atoms with Crippen LogP contribution in [0.5, 0.6) is 0 Å². The van der Waals surface area contributed by atoms with Gasteiger partial charge in [-0.3, -0.25) is 0 Å². The molecule has 1 aliphatic heterocycles. The van der Waals surface area contributed by atoms with E-state index in [2.05, 4.69) is 28.8 Å². The zero-order valence-corrected chi connectivity index (χ0v) is 10.9. The average molecular weight is 267 g/mol. The summed E-state index contributed by atoms with van der Waals surface area (Å²) in [5, 5.41) is 15.1. The van der Waals surface area contributed by atoms with Gasteiger partial charge in [0.05, 0.1) is 17.3 Å². The van der Waals surface area contributed by atoms with Gasteiger partial charge in [-0.2, -0.15) is 5.26 Å². The molecule has 0 bridgehead atoms. The predicted molar refractivity (Wildman–Crippen MR) is 75.4 cm³/mol. The van der Waals surface area contributed by atoms with Gasteiger partial charge in [0.25, 0.3) is 0 Å². The molecule has 4 heteroatoms. The largest absolute Gasteiger partial charge is 0.379 e. The highest BCUT2D eigenvalue weighted by atomic mass is 19.1. The van der Waals surface area contributed by atoms with Crippen LogP contribution in [0.15, 0.2) is 36.4 Å². The molecule has 0 unspecified atom stereocenters. The number of nitrogens with zero attached hydrogens (tertiary/aromatic N) is 1. The number of benzene rings is 2. The van der Waals surface area contributed by atoms with Crippen LogP contribution in [-0.4, -0.2) is 0 Å². The van der Waals surface area contributed by atoms with E-state index in [1.807, 2.05) is 6.07 Å². The van der Waals surface area contributed by atoms with Crippen molar-refractivity contribution in [2.45, 2.75) is 19.6 Å². The highest BCUT2D eigenvalue weighted by molar-refractivity contribution is 5.49. The Bertz CT molecular complexity index is 689. The Kier molecular flexibility index (Phi) is 3.36. The Morgan fingerprint density at radius 2 is 2.00 bits per heavy atom. The van der Waals surface area contributed by atoms with E-state index in [1.165, 1.54) is 17.2 Å². The van der Waals surface area contributed by atoms with Gasteiger partial charge in [-0.1, -0.05) is 18.2 Å². The molecule has 20 heavy (non-hydrogen) atoms. The quantitative estimate of drug-likeness (QED) is 0.899. The smallest absolute Gasteiger partial charge is 0.147 e. The first-order chi connectivity index (χ1) is 9.76. The van der Waals surface area contributed by atoms with Gasteiger partial charge in [0.1, 0.15) is 5.82 Å². The fourth-order valence-electron chi connectivity index (χ4n) is 2.38. The summed E-state index contributed by atoms with van der Waals surface area (Å²) in [7, 11) is 0. The van der Waals surface area contributed by atoms with Gasteiger partial charge in [0.2, 0.25) is 0 Å². The molecular weight excluding hydrogens is 253 g/mol. The molecule has 3 nitrogen and oxygen atoms in total. The average Bonchev–Trinajstić information content (AvgIpc) is 2.93. The van der Waals surface area contributed by atoms with Crippen molar-refractivity contribution in [3.05, 3.63) is 64.5 Å². The first-order valence-corrected chi connectivity index (χ1v) is 6.51. The predicted octanol–water partition coefficient (Wildman–Crippen LogP) is 2.91. The number of rotatable bonds is 3. The van der Waals surface area contributed by atoms with E-state index in [1.54, 1.807) is 12.1 Å². The lowest BCUT2D eigenvalue weighted by Gasteiger charge is -2.09. The lowest BCUT2D eigenvalue weighted by atomic mass is 10.1. The van der Waals surface area contributed by atoms with Gasteiger partial charge in [0, 0.05) is 19.6 Å². The monoisotopic (exact) mass is 267 g/mol. The van der Waals surface area contributed by atoms with Crippen LogP contribution in [0.25, 0.3) is 0 Å². The molecule has 0 amide bonds. The summed E-state index contributed by atoms with van der Waals surface area (Å²) in [6.45, 7) is 2.39. The van der Waals surface area contributed by atoms with Crippen LogP contribution in [0.3, 0.4) is 0 Å². The van der Waals surface area contributed by atoms with E-state index in [-0.39, 0.29) is 0 Å². The van der Waals surface area contributed by atoms with Crippen LogP contribution in [0.2, 0.25) is 0 Å². The summed E-state index contributed by atoms with van der Waals surface area (Å²) in [4.78, 5) is 0. The molecule has 1 aliphatic rings. The molecule has 100 valence electrons. The molecule has 2 N–H and O–H groups in total. The third kappa shape index (κ3) is 2.49. The Morgan fingerprint density at radius 3 is 2.80 bits per heavy atom. The van der Waals surface area contributed by atoms with Gasteiger partial charge in [-0.25, -0.2) is 4.39 Å². The maximum Gasteiger partial charge on any atom is 0.147 e. The fraction of sp³-hybridized carbons (Fsp3) is 0.188. The first-order valence-electron chi connectivity index (χ1n) is 6.51. The van der Waals surface area contributed by atoms with Crippen molar-refractivity contribution in [1.82, 2.24) is 5.32 Å². The molecule has 0 aromatic heterocycles. The molecule has 2 aromatic rings. The standard InChI is InChI=1S/C16H14FN3/c17-15-6-11(7-18)2-4-16(15)20-8-12-1-3-13-9-19-10-14(13)5-12/h1-6,19-20H,8-10H2. The van der Waals surface area contributed by atoms with Crippen LogP contribution < -0.4 is 10.6 Å². The Balaban J connectivity index is 1.72. The number of hydrogen-bond donors (Lipinski definition) is 2. The first kappa shape index (κ1) is 12.6. The van der Waals surface area contributed by atoms with Gasteiger partial charge >= 0.3 is 0 Å². The number of nitriles is 1. The summed E-state index contributed by atoms with van der Waals surface area (Å²) in [5.74, 6) is -0.396. The minimum Gasteiger partial charge on any atom is -0.379 e. The number of fused-ring (bicyclic) bond motifs is 1. The van der Waals surface area contributed by atoms with E-state index in [0.29, 0.717) is 17.8 Å². The molecular formula is C16H14FN3. The zero-order valence-electron chi connectivity index (χ0n) is 10.9. The molecule has 2 aromatic carbocycles. The van der Waals surface area contributed by atoms with Gasteiger partial charge < -0.3 is 10.6 Å². The van der Waals surface area contributed by atoms with Crippen LogP contribution in [0.1, 0.15) is 22.3 Å². The van der Waals surface area contributed by atoms with Gasteiger partial charge in [-0.05, 0) is 34.9 Å². The molecule has 0 aliphatic carbocycles. The van der Waals surface area contributed by atoms with E-state index < -0.39 is 5.82 Å². The summed E-state index contributed by atoms with van der Waals surface area (Å²) in [6.07, 6.45) is 0. The third-order valence-electron chi connectivity index (χ3n) is 3.48. The third-order valence-corrected chi connectivity index (χ3v) is 3.48. The highest BCUT2D eigenvalue weighted by Crippen LogP contribution is 2.19. The lowest BCUT2D eigenvalue weighted by molar-refractivity contribution is 0.629. The highest BCUT2D eigenvalue weighted by Gasteiger charge is 2.10. The van der Waals surface area contributed by atoms with Crippen molar-refractivity contribution < 1.29 is 4.39 Å². The molecule has 0 saturated heterocycles. The van der Waals surface area contributed by atoms with E-state index in [0.717, 1.165) is 18.7 Å². The van der Waals surface area contributed by atoms with E-state index >= 15 is 0 Å². The lowest BCUT2D eigenvalue weighted by Crippen LogP contribution is -2.02. The van der Waals surface area contributed by atoms with Crippen LogP contribution >= 0.6 is 0 Å². The second-order valence-electron chi connectivity index (χ2n) is 4.87. The molecule has 0 fully saturated rings. The number of nitrogens with one attached hydrogen (secondary N) is 2. The van der Waals surface area contributed by atoms with E-state index in [9.17, 15) is 4.39 Å². The SMILES string of the molecule is N#Cc1ccc(NCc2ccc3c(c2)CNC3)c(F)c1. The van der Waals surface area contributed by atoms with Crippen LogP contribution in [-0.2, 0) is 19.6 Å². The molecule has 0 radical (unpaired) electrons. The summed E-state index contributed by atoms with van der Waals surface area (Å²) >= 11 is 0. The van der Waals surface area contributed by atoms with Crippen molar-refractivity contribution in [2.75, 3.05) is 5.32 Å². The van der Waals surface area contributed by atoms with E-state index in [4.69, 9.17) is 5.26 Å². The van der Waals surface area contributed by atoms with Gasteiger partial charge in [-0.15, -0.1) is 0 Å². The summed E-state index contributed by atoms with van der Waals surface area (Å²) < 4.78 is 13.7. The van der Waals surface area contributed by atoms with Crippen molar-refractivity contribution in [3.8, 4) is 6.07 Å². The minimum absolute atomic E-state index is 0.330. The zero-order chi connectivity index (χ0) is 13.9. The maximum absolute atomic E-state index is 13.7. The van der Waals surface area contributed by atoms with Crippen LogP contribution in [0.4, 0.5) is 10.1 Å². The molecule has 0 atom stereocenters. The maximum atomic E-state index is 13.7. The Labute approximate surface area is 117 Å². The van der Waals surface area contributed by atoms with Crippen LogP contribution in [0, 0.1) is 17.1 Å². The van der Waals surface area contributed by atoms with Crippen molar-refractivity contribution in [3.63, 3.8) is 0 Å². The second kappa shape index (κ2) is 5.32. The Morgan fingerprint density at radius 1 is 1.15 bits per heavy atom. The summed E-state index contributed by atoms with van der Waals surface area (Å²) in [6, 6.07) is 12.7. The Hall–Kier alpha value is -2.38. The van der Waals surface area contributed by atoms with Crippen molar-refractivity contribution >= 4 is 5.69 Å². The number of hydrogen-bond acceptors (Lipinski definition) is 3. The molecule has 0 saturated carbocycles. The summed E-state index contributed by atoms with van der Waals surface area (Å²) in [5.41, 5.74) is 4.51. The van der Waals surface area contributed by atoms with Crippen molar-refractivity contribution in [1.29, 1.82) is 5.26 Å². The van der Waals surface area contributed by atoms with Crippen molar-refractivity contribution in [2.24, 2.45) is 0 Å². The minimum atomic E-state index is -0.396. The molecule has 3 rings (SSSR count). The molecule has 1 heterocycles. The fourth-order valence-corrected chi connectivity index (χ4v) is 2.38. The normalized spacial score (nSPS) is 12.8. The topological polar surface area (TPSA) is 47.9 Å². The number of anilines is 1. The van der Waals surface area contributed by atoms with Gasteiger partial charge in [0.15, 0.2) is 0 Å². The molecule has 0 spiro atoms. The number of halogens is 1.